The van der Waals surface area contributed by atoms with Gasteiger partial charge in [-0.3, -0.25) is 20.1 Å². The van der Waals surface area contributed by atoms with Crippen LogP contribution >= 0.6 is 12.6 Å². The predicted molar refractivity (Wildman–Crippen MR) is 75.7 cm³/mol. The molecule has 1 aromatic rings. The highest BCUT2D eigenvalue weighted by molar-refractivity contribution is 7.89. The molecule has 0 saturated heterocycles. The Balaban J connectivity index is 3.16. The second kappa shape index (κ2) is 6.85. The molecule has 0 fully saturated rings. The van der Waals surface area contributed by atoms with E-state index >= 15 is 0 Å². The van der Waals surface area contributed by atoms with Crippen LogP contribution in [0.2, 0.25) is 0 Å². The highest BCUT2D eigenvalue weighted by atomic mass is 32.2. The summed E-state index contributed by atoms with van der Waals surface area (Å²) in [6.45, 7) is 1.47. The van der Waals surface area contributed by atoms with E-state index in [0.717, 1.165) is 6.07 Å². The van der Waals surface area contributed by atoms with Crippen molar-refractivity contribution in [3.63, 3.8) is 0 Å². The number of thiol groups is 1. The third-order valence-corrected chi connectivity index (χ3v) is 4.43. The summed E-state index contributed by atoms with van der Waals surface area (Å²) in [5, 5.41) is 19.3. The molecule has 0 aliphatic rings. The summed E-state index contributed by atoms with van der Waals surface area (Å²) < 4.78 is 26.2. The number of carbonyl (C=O) groups is 1. The molecule has 0 heterocycles. The van der Waals surface area contributed by atoms with Crippen molar-refractivity contribution < 1.29 is 23.3 Å². The first kappa shape index (κ1) is 17.4. The van der Waals surface area contributed by atoms with Crippen LogP contribution in [-0.4, -0.2) is 36.3 Å². The van der Waals surface area contributed by atoms with E-state index in [1.54, 1.807) is 0 Å². The minimum Gasteiger partial charge on any atom is -0.289 e. The number of benzene rings is 1. The molecule has 1 rings (SSSR count). The van der Waals surface area contributed by atoms with Gasteiger partial charge < -0.3 is 0 Å². The van der Waals surface area contributed by atoms with Crippen molar-refractivity contribution in [2.75, 3.05) is 5.75 Å². The lowest BCUT2D eigenvalue weighted by Gasteiger charge is -2.14. The fourth-order valence-electron chi connectivity index (χ4n) is 1.46. The summed E-state index contributed by atoms with van der Waals surface area (Å²) in [5.74, 6) is -1.20. The molecule has 11 heteroatoms. The molecule has 9 nitrogen and oxygen atoms in total. The van der Waals surface area contributed by atoms with E-state index in [2.05, 4.69) is 12.6 Å². The number of hydrogen-bond donors (Lipinski definition) is 4. The summed E-state index contributed by atoms with van der Waals surface area (Å²) in [5.41, 5.74) is 1.25. The fourth-order valence-corrected chi connectivity index (χ4v) is 3.06. The van der Waals surface area contributed by atoms with Crippen molar-refractivity contribution in [2.24, 2.45) is 0 Å². The Morgan fingerprint density at radius 2 is 2.14 bits per heavy atom. The molecule has 1 aromatic carbocycles. The van der Waals surface area contributed by atoms with Crippen molar-refractivity contribution in [1.29, 1.82) is 0 Å². The molecule has 0 spiro atoms. The van der Waals surface area contributed by atoms with Crippen LogP contribution in [0.1, 0.15) is 5.56 Å². The van der Waals surface area contributed by atoms with E-state index < -0.39 is 26.9 Å². The normalized spacial score (nSPS) is 12.7. The highest BCUT2D eigenvalue weighted by Crippen LogP contribution is 2.22. The fraction of sp³-hybridized carbons (Fsp3) is 0.300. The van der Waals surface area contributed by atoms with E-state index in [1.807, 2.05) is 4.72 Å². The minimum atomic E-state index is -4.17. The van der Waals surface area contributed by atoms with E-state index in [0.29, 0.717) is 5.56 Å². The van der Waals surface area contributed by atoms with Crippen molar-refractivity contribution in [3.8, 4) is 0 Å². The summed E-state index contributed by atoms with van der Waals surface area (Å²) >= 11 is 3.80. The number of hydrogen-bond acceptors (Lipinski definition) is 7. The second-order valence-corrected chi connectivity index (χ2v) is 6.12. The van der Waals surface area contributed by atoms with Gasteiger partial charge in [0.15, 0.2) is 0 Å². The van der Waals surface area contributed by atoms with E-state index in [1.165, 1.54) is 24.5 Å². The predicted octanol–water partition coefficient (Wildman–Crippen LogP) is -0.0147. The molecule has 21 heavy (non-hydrogen) atoms. The Morgan fingerprint density at radius 1 is 1.52 bits per heavy atom. The Labute approximate surface area is 125 Å². The number of nitro benzene ring substituents is 1. The van der Waals surface area contributed by atoms with Gasteiger partial charge in [0.05, 0.1) is 9.82 Å². The average Bonchev–Trinajstić information content (AvgIpc) is 2.43. The lowest BCUT2D eigenvalue weighted by Crippen LogP contribution is -2.46. The number of carbonyl (C=O) groups excluding carboxylic acids is 1. The molecule has 0 radical (unpaired) electrons. The van der Waals surface area contributed by atoms with Gasteiger partial charge in [0.2, 0.25) is 10.0 Å². The van der Waals surface area contributed by atoms with E-state index in [4.69, 9.17) is 5.21 Å². The van der Waals surface area contributed by atoms with Crippen LogP contribution in [0.3, 0.4) is 0 Å². The summed E-state index contributed by atoms with van der Waals surface area (Å²) in [6.07, 6.45) is 0. The van der Waals surface area contributed by atoms with Gasteiger partial charge in [0, 0.05) is 17.4 Å². The molecule has 0 unspecified atom stereocenters. The summed E-state index contributed by atoms with van der Waals surface area (Å²) in [7, 11) is -4.17. The number of rotatable bonds is 6. The highest BCUT2D eigenvalue weighted by Gasteiger charge is 2.26. The SMILES string of the molecule is Cc1ccc(S(=O)(=O)N[C@@H](CS)C(=O)NO)cc1[N+](=O)[O-]. The number of aryl methyl sites for hydroxylation is 1. The first-order valence-corrected chi connectivity index (χ1v) is 7.66. The van der Waals surface area contributed by atoms with Crippen LogP contribution in [0.4, 0.5) is 5.69 Å². The zero-order valence-corrected chi connectivity index (χ0v) is 12.5. The van der Waals surface area contributed by atoms with Crippen LogP contribution in [0.25, 0.3) is 0 Å². The maximum Gasteiger partial charge on any atom is 0.273 e. The topological polar surface area (TPSA) is 139 Å². The van der Waals surface area contributed by atoms with Crippen LogP contribution in [0.15, 0.2) is 23.1 Å². The number of nitro groups is 1. The van der Waals surface area contributed by atoms with Crippen molar-refractivity contribution in [2.45, 2.75) is 17.9 Å². The van der Waals surface area contributed by atoms with Gasteiger partial charge in [0.25, 0.3) is 11.6 Å². The Bertz CT molecular complexity index is 661. The molecular formula is C10H13N3O6S2. The monoisotopic (exact) mass is 335 g/mol. The molecule has 3 N–H and O–H groups in total. The zero-order chi connectivity index (χ0) is 16.2. The summed E-state index contributed by atoms with van der Waals surface area (Å²) in [4.78, 5) is 21.0. The molecule has 0 aromatic heterocycles. The van der Waals surface area contributed by atoms with Gasteiger partial charge in [-0.15, -0.1) is 0 Å². The van der Waals surface area contributed by atoms with Crippen LogP contribution in [0.5, 0.6) is 0 Å². The lowest BCUT2D eigenvalue weighted by atomic mass is 10.2. The third-order valence-electron chi connectivity index (χ3n) is 2.59. The van der Waals surface area contributed by atoms with Crippen LogP contribution < -0.4 is 10.2 Å². The Morgan fingerprint density at radius 3 is 2.62 bits per heavy atom. The average molecular weight is 335 g/mol. The smallest absolute Gasteiger partial charge is 0.273 e. The summed E-state index contributed by atoms with van der Waals surface area (Å²) in [6, 6.07) is 2.04. The molecule has 1 atom stereocenters. The zero-order valence-electron chi connectivity index (χ0n) is 10.8. The van der Waals surface area contributed by atoms with Gasteiger partial charge in [0.1, 0.15) is 6.04 Å². The number of nitrogens with one attached hydrogen (secondary N) is 2. The van der Waals surface area contributed by atoms with Crippen molar-refractivity contribution >= 4 is 34.2 Å². The quantitative estimate of drug-likeness (QED) is 0.249. The first-order chi connectivity index (χ1) is 9.72. The lowest BCUT2D eigenvalue weighted by molar-refractivity contribution is -0.385. The van der Waals surface area contributed by atoms with Crippen LogP contribution in [-0.2, 0) is 14.8 Å². The maximum absolute atomic E-state index is 12.1. The van der Waals surface area contributed by atoms with Gasteiger partial charge in [-0.2, -0.15) is 17.4 Å². The van der Waals surface area contributed by atoms with Gasteiger partial charge in [-0.05, 0) is 13.0 Å². The number of amides is 1. The van der Waals surface area contributed by atoms with E-state index in [-0.39, 0.29) is 16.3 Å². The Kier molecular flexibility index (Phi) is 5.66. The van der Waals surface area contributed by atoms with Crippen molar-refractivity contribution in [1.82, 2.24) is 10.2 Å². The third kappa shape index (κ3) is 4.14. The first-order valence-electron chi connectivity index (χ1n) is 5.55. The van der Waals surface area contributed by atoms with Gasteiger partial charge in [-0.1, -0.05) is 6.07 Å². The number of nitrogens with zero attached hydrogens (tertiary/aromatic N) is 1. The van der Waals surface area contributed by atoms with Gasteiger partial charge >= 0.3 is 0 Å². The standard InChI is InChI=1S/C10H13N3O6S2/c1-6-2-3-7(4-9(6)13(16)17)21(18,19)12-8(5-20)10(14)11-15/h2-4,8,12,15,20H,5H2,1H3,(H,11,14)/t8-/m0/s1. The number of sulfonamides is 1. The molecule has 0 aliphatic carbocycles. The minimum absolute atomic E-state index is 0.209. The molecule has 0 saturated carbocycles. The maximum atomic E-state index is 12.1. The van der Waals surface area contributed by atoms with E-state index in [9.17, 15) is 23.3 Å². The molecule has 116 valence electrons. The van der Waals surface area contributed by atoms with Gasteiger partial charge in [-0.25, -0.2) is 13.9 Å². The van der Waals surface area contributed by atoms with Crippen molar-refractivity contribution in [3.05, 3.63) is 33.9 Å². The van der Waals surface area contributed by atoms with Crippen LogP contribution in [0, 0.1) is 17.0 Å². The molecule has 0 aliphatic heterocycles. The second-order valence-electron chi connectivity index (χ2n) is 4.04. The molecular weight excluding hydrogens is 322 g/mol. The number of hydroxylamine groups is 1. The Hall–Kier alpha value is -1.69. The molecule has 1 amide bonds. The molecule has 0 bridgehead atoms. The largest absolute Gasteiger partial charge is 0.289 e.